The maximum Gasteiger partial charge on any atom is 0.305 e. The number of carbonyl (C=O) groups is 2. The van der Waals surface area contributed by atoms with Crippen molar-refractivity contribution in [2.75, 3.05) is 66.6 Å². The largest absolute Gasteiger partial charge is 0.463 e. The zero-order chi connectivity index (χ0) is 19.3. The zero-order valence-electron chi connectivity index (χ0n) is 16.2. The second-order valence-corrected chi connectivity index (χ2v) is 5.48. The molecule has 0 aliphatic heterocycles. The normalized spacial score (nSPS) is 10.7. The van der Waals surface area contributed by atoms with E-state index in [2.05, 4.69) is 0 Å². The third-order valence-corrected chi connectivity index (χ3v) is 3.15. The van der Waals surface area contributed by atoms with Crippen LogP contribution < -0.4 is 0 Å². The van der Waals surface area contributed by atoms with Gasteiger partial charge in [0.25, 0.3) is 0 Å². The second kappa shape index (κ2) is 20.1. The van der Waals surface area contributed by atoms with E-state index in [0.717, 1.165) is 13.0 Å². The first-order chi connectivity index (χ1) is 12.7. The van der Waals surface area contributed by atoms with Crippen LogP contribution in [0.15, 0.2) is 0 Å². The Morgan fingerprint density at radius 1 is 0.615 bits per heavy atom. The molecule has 0 heterocycles. The number of ether oxygens (including phenoxy) is 6. The fourth-order valence-corrected chi connectivity index (χ4v) is 1.82. The standard InChI is InChI=1S/C18H34O8/c1-3-8-22-11-12-24-14-16-26-18(20)7-5-4-6-17(19)25-15-13-23-10-9-21-2/h3-16H2,1-2H3. The van der Waals surface area contributed by atoms with Crippen LogP contribution in [0.2, 0.25) is 0 Å². The highest BCUT2D eigenvalue weighted by Gasteiger charge is 2.06. The van der Waals surface area contributed by atoms with Crippen LogP contribution in [0.1, 0.15) is 39.0 Å². The summed E-state index contributed by atoms with van der Waals surface area (Å²) in [5, 5.41) is 0. The molecule has 0 bridgehead atoms. The monoisotopic (exact) mass is 378 g/mol. The molecule has 154 valence electrons. The highest BCUT2D eigenvalue weighted by molar-refractivity contribution is 5.70. The van der Waals surface area contributed by atoms with E-state index >= 15 is 0 Å². The maximum absolute atomic E-state index is 11.5. The molecule has 0 aliphatic carbocycles. The fourth-order valence-electron chi connectivity index (χ4n) is 1.82. The van der Waals surface area contributed by atoms with Crippen LogP contribution in [0.4, 0.5) is 0 Å². The molecule has 0 spiro atoms. The Balaban J connectivity index is 3.30. The van der Waals surface area contributed by atoms with Gasteiger partial charge in [-0.3, -0.25) is 9.59 Å². The van der Waals surface area contributed by atoms with Gasteiger partial charge in [0.15, 0.2) is 0 Å². The average molecular weight is 378 g/mol. The summed E-state index contributed by atoms with van der Waals surface area (Å²) in [4.78, 5) is 23.0. The van der Waals surface area contributed by atoms with Crippen LogP contribution in [-0.4, -0.2) is 78.5 Å². The highest BCUT2D eigenvalue weighted by atomic mass is 16.6. The summed E-state index contributed by atoms with van der Waals surface area (Å²) in [6.07, 6.45) is 2.73. The van der Waals surface area contributed by atoms with E-state index < -0.39 is 0 Å². The molecule has 0 N–H and O–H groups in total. The Hall–Kier alpha value is -1.22. The topological polar surface area (TPSA) is 89.5 Å². The minimum absolute atomic E-state index is 0.230. The van der Waals surface area contributed by atoms with Crippen LogP contribution in [0.3, 0.4) is 0 Å². The lowest BCUT2D eigenvalue weighted by Crippen LogP contribution is -2.13. The number of carbonyl (C=O) groups excluding carboxylic acids is 2. The molecule has 0 fully saturated rings. The van der Waals surface area contributed by atoms with Crippen molar-refractivity contribution < 1.29 is 38.0 Å². The van der Waals surface area contributed by atoms with Gasteiger partial charge in [0.1, 0.15) is 13.2 Å². The van der Waals surface area contributed by atoms with Crippen molar-refractivity contribution in [2.24, 2.45) is 0 Å². The molecule has 0 radical (unpaired) electrons. The molecule has 8 nitrogen and oxygen atoms in total. The number of methoxy groups -OCH3 is 1. The average Bonchev–Trinajstić information content (AvgIpc) is 2.64. The van der Waals surface area contributed by atoms with Crippen molar-refractivity contribution in [1.29, 1.82) is 0 Å². The molecule has 0 atom stereocenters. The van der Waals surface area contributed by atoms with E-state index in [4.69, 9.17) is 28.4 Å². The molecule has 0 aromatic heterocycles. The maximum atomic E-state index is 11.5. The quantitative estimate of drug-likeness (QED) is 0.248. The van der Waals surface area contributed by atoms with Crippen molar-refractivity contribution in [3.8, 4) is 0 Å². The van der Waals surface area contributed by atoms with Crippen LogP contribution in [0.5, 0.6) is 0 Å². The Morgan fingerprint density at radius 2 is 1.04 bits per heavy atom. The Labute approximate surface area is 156 Å². The fraction of sp³-hybridized carbons (Fsp3) is 0.889. The van der Waals surface area contributed by atoms with Crippen molar-refractivity contribution in [2.45, 2.75) is 39.0 Å². The summed E-state index contributed by atoms with van der Waals surface area (Å²) in [6.45, 7) is 6.00. The summed E-state index contributed by atoms with van der Waals surface area (Å²) in [7, 11) is 1.60. The summed E-state index contributed by atoms with van der Waals surface area (Å²) in [5.74, 6) is -0.567. The van der Waals surface area contributed by atoms with Gasteiger partial charge in [0, 0.05) is 26.6 Å². The van der Waals surface area contributed by atoms with Crippen LogP contribution in [0, 0.1) is 0 Å². The first-order valence-corrected chi connectivity index (χ1v) is 9.24. The Morgan fingerprint density at radius 3 is 1.50 bits per heavy atom. The molecule has 0 saturated heterocycles. The molecule has 0 rings (SSSR count). The number of rotatable bonds is 19. The smallest absolute Gasteiger partial charge is 0.305 e. The van der Waals surface area contributed by atoms with Gasteiger partial charge in [-0.2, -0.15) is 0 Å². The van der Waals surface area contributed by atoms with Crippen LogP contribution >= 0.6 is 0 Å². The zero-order valence-corrected chi connectivity index (χ0v) is 16.2. The van der Waals surface area contributed by atoms with Gasteiger partial charge in [-0.1, -0.05) is 6.92 Å². The first-order valence-electron chi connectivity index (χ1n) is 9.24. The third kappa shape index (κ3) is 19.1. The molecule has 0 saturated carbocycles. The molecule has 8 heteroatoms. The molecule has 0 unspecified atom stereocenters. The van der Waals surface area contributed by atoms with E-state index in [-0.39, 0.29) is 38.0 Å². The summed E-state index contributed by atoms with van der Waals surface area (Å²) in [6, 6.07) is 0. The number of unbranched alkanes of at least 4 members (excludes halogenated alkanes) is 1. The van der Waals surface area contributed by atoms with Gasteiger partial charge >= 0.3 is 11.9 Å². The van der Waals surface area contributed by atoms with E-state index in [1.165, 1.54) is 0 Å². The van der Waals surface area contributed by atoms with Gasteiger partial charge in [0.2, 0.25) is 0 Å². The van der Waals surface area contributed by atoms with Gasteiger partial charge in [-0.15, -0.1) is 0 Å². The summed E-state index contributed by atoms with van der Waals surface area (Å²) < 4.78 is 30.6. The van der Waals surface area contributed by atoms with Gasteiger partial charge in [-0.05, 0) is 19.3 Å². The van der Waals surface area contributed by atoms with Gasteiger partial charge < -0.3 is 28.4 Å². The lowest BCUT2D eigenvalue weighted by molar-refractivity contribution is -0.147. The predicted octanol–water partition coefficient (Wildman–Crippen LogP) is 1.74. The molecule has 0 aromatic carbocycles. The molecule has 0 aromatic rings. The number of hydrogen-bond acceptors (Lipinski definition) is 8. The summed E-state index contributed by atoms with van der Waals surface area (Å²) in [5.41, 5.74) is 0. The molecular weight excluding hydrogens is 344 g/mol. The van der Waals surface area contributed by atoms with Crippen LogP contribution in [0.25, 0.3) is 0 Å². The number of hydrogen-bond donors (Lipinski definition) is 0. The third-order valence-electron chi connectivity index (χ3n) is 3.15. The lowest BCUT2D eigenvalue weighted by Gasteiger charge is -2.07. The summed E-state index contributed by atoms with van der Waals surface area (Å²) >= 11 is 0. The van der Waals surface area contributed by atoms with Crippen molar-refractivity contribution in [3.63, 3.8) is 0 Å². The van der Waals surface area contributed by atoms with Gasteiger partial charge in [-0.25, -0.2) is 0 Å². The van der Waals surface area contributed by atoms with Crippen molar-refractivity contribution >= 4 is 11.9 Å². The predicted molar refractivity (Wildman–Crippen MR) is 95.0 cm³/mol. The highest BCUT2D eigenvalue weighted by Crippen LogP contribution is 2.03. The van der Waals surface area contributed by atoms with E-state index in [1.54, 1.807) is 7.11 Å². The molecule has 26 heavy (non-hydrogen) atoms. The molecule has 0 aliphatic rings. The minimum atomic E-state index is -0.285. The van der Waals surface area contributed by atoms with Crippen molar-refractivity contribution in [1.82, 2.24) is 0 Å². The first kappa shape index (κ1) is 24.8. The van der Waals surface area contributed by atoms with E-state index in [0.29, 0.717) is 52.5 Å². The van der Waals surface area contributed by atoms with Crippen LogP contribution in [-0.2, 0) is 38.0 Å². The van der Waals surface area contributed by atoms with E-state index in [9.17, 15) is 9.59 Å². The second-order valence-electron chi connectivity index (χ2n) is 5.48. The molecular formula is C18H34O8. The minimum Gasteiger partial charge on any atom is -0.463 e. The Kier molecular flexibility index (Phi) is 19.2. The van der Waals surface area contributed by atoms with Gasteiger partial charge in [0.05, 0.1) is 39.6 Å². The number of esters is 2. The molecule has 0 amide bonds. The Bertz CT molecular complexity index is 335. The SMILES string of the molecule is CCCOCCOCCOC(=O)CCCCC(=O)OCCOCCOC. The van der Waals surface area contributed by atoms with E-state index in [1.807, 2.05) is 6.92 Å². The van der Waals surface area contributed by atoms with Crippen molar-refractivity contribution in [3.05, 3.63) is 0 Å². The lowest BCUT2D eigenvalue weighted by atomic mass is 10.2.